The molecule has 24 heavy (non-hydrogen) atoms. The first-order chi connectivity index (χ1) is 11.6. The van der Waals surface area contributed by atoms with Gasteiger partial charge in [-0.05, 0) is 42.3 Å². The Balaban J connectivity index is 2.01. The van der Waals surface area contributed by atoms with Gasteiger partial charge < -0.3 is 19.3 Å². The van der Waals surface area contributed by atoms with Gasteiger partial charge in [0.1, 0.15) is 6.10 Å². The molecule has 1 heterocycles. The Morgan fingerprint density at radius 2 is 1.83 bits per heavy atom. The van der Waals surface area contributed by atoms with E-state index < -0.39 is 0 Å². The first-order valence-corrected chi connectivity index (χ1v) is 7.97. The molecule has 0 radical (unpaired) electrons. The van der Waals surface area contributed by atoms with Gasteiger partial charge in [-0.3, -0.25) is 0 Å². The number of hydrogen-bond acceptors (Lipinski definition) is 4. The van der Waals surface area contributed by atoms with Crippen LogP contribution < -0.4 is 14.2 Å². The summed E-state index contributed by atoms with van der Waals surface area (Å²) >= 11 is 0. The monoisotopic (exact) mass is 326 g/mol. The predicted octanol–water partition coefficient (Wildman–Crippen LogP) is 4.68. The zero-order valence-corrected chi connectivity index (χ0v) is 14.4. The second-order valence-electron chi connectivity index (χ2n) is 5.90. The van der Waals surface area contributed by atoms with Crippen molar-refractivity contribution in [3.8, 4) is 23.0 Å². The van der Waals surface area contributed by atoms with E-state index >= 15 is 0 Å². The molecule has 2 aromatic carbocycles. The second kappa shape index (κ2) is 6.48. The van der Waals surface area contributed by atoms with E-state index in [9.17, 15) is 5.11 Å². The largest absolute Gasteiger partial charge is 0.504 e. The minimum Gasteiger partial charge on any atom is -0.504 e. The molecule has 0 saturated heterocycles. The summed E-state index contributed by atoms with van der Waals surface area (Å²) in [7, 11) is 3.18. The Kier molecular flexibility index (Phi) is 4.38. The maximum atomic E-state index is 10.1. The number of benzene rings is 2. The maximum Gasteiger partial charge on any atom is 0.165 e. The Labute approximate surface area is 142 Å². The number of methoxy groups -OCH3 is 2. The van der Waals surface area contributed by atoms with E-state index in [1.807, 2.05) is 31.2 Å². The van der Waals surface area contributed by atoms with Gasteiger partial charge in [-0.1, -0.05) is 25.1 Å². The van der Waals surface area contributed by atoms with Gasteiger partial charge in [-0.15, -0.1) is 0 Å². The van der Waals surface area contributed by atoms with E-state index in [1.165, 1.54) is 7.11 Å². The van der Waals surface area contributed by atoms with E-state index in [4.69, 9.17) is 14.2 Å². The third-order valence-electron chi connectivity index (χ3n) is 4.41. The van der Waals surface area contributed by atoms with Crippen LogP contribution >= 0.6 is 0 Å². The molecule has 1 aliphatic heterocycles. The molecular weight excluding hydrogens is 304 g/mol. The van der Waals surface area contributed by atoms with Crippen molar-refractivity contribution < 1.29 is 19.3 Å². The standard InChI is InChI=1S/C20H22O4/c1-5-6-13-9-15-12(2)19(24-20(15)18(10-13)23-4)14-7-8-17(22-3)16(21)11-14/h5-12,19,21H,1-4H3. The van der Waals surface area contributed by atoms with Crippen molar-refractivity contribution in [2.45, 2.75) is 25.9 Å². The van der Waals surface area contributed by atoms with E-state index in [2.05, 4.69) is 13.0 Å². The number of hydrogen-bond donors (Lipinski definition) is 1. The van der Waals surface area contributed by atoms with Crippen LogP contribution in [0.4, 0.5) is 0 Å². The SMILES string of the molecule is CC=Cc1cc(OC)c2c(c1)C(C)C(c1ccc(OC)c(O)c1)O2. The summed E-state index contributed by atoms with van der Waals surface area (Å²) in [5.41, 5.74) is 3.11. The van der Waals surface area contributed by atoms with Gasteiger partial charge in [0.25, 0.3) is 0 Å². The molecule has 0 fully saturated rings. The maximum absolute atomic E-state index is 10.1. The highest BCUT2D eigenvalue weighted by Crippen LogP contribution is 2.51. The van der Waals surface area contributed by atoms with Crippen molar-refractivity contribution in [2.75, 3.05) is 14.2 Å². The highest BCUT2D eigenvalue weighted by Gasteiger charge is 2.35. The molecule has 2 atom stereocenters. The van der Waals surface area contributed by atoms with Gasteiger partial charge in [-0.25, -0.2) is 0 Å². The summed E-state index contributed by atoms with van der Waals surface area (Å²) in [6.07, 6.45) is 3.87. The highest BCUT2D eigenvalue weighted by molar-refractivity contribution is 5.62. The van der Waals surface area contributed by atoms with Crippen LogP contribution in [0.25, 0.3) is 6.08 Å². The molecule has 1 aliphatic rings. The van der Waals surface area contributed by atoms with E-state index in [1.54, 1.807) is 19.2 Å². The van der Waals surface area contributed by atoms with E-state index in [0.29, 0.717) is 5.75 Å². The van der Waals surface area contributed by atoms with Gasteiger partial charge in [0.05, 0.1) is 14.2 Å². The lowest BCUT2D eigenvalue weighted by molar-refractivity contribution is 0.207. The zero-order valence-electron chi connectivity index (χ0n) is 14.4. The normalized spacial score (nSPS) is 19.2. The highest BCUT2D eigenvalue weighted by atomic mass is 16.5. The van der Waals surface area contributed by atoms with Gasteiger partial charge >= 0.3 is 0 Å². The molecule has 0 bridgehead atoms. The van der Waals surface area contributed by atoms with Gasteiger partial charge in [0.2, 0.25) is 0 Å². The first kappa shape index (κ1) is 16.2. The van der Waals surface area contributed by atoms with Crippen LogP contribution in [0.15, 0.2) is 36.4 Å². The molecule has 4 heteroatoms. The van der Waals surface area contributed by atoms with Crippen molar-refractivity contribution in [3.05, 3.63) is 53.1 Å². The lowest BCUT2D eigenvalue weighted by Crippen LogP contribution is -2.07. The topological polar surface area (TPSA) is 47.9 Å². The Morgan fingerprint density at radius 3 is 2.46 bits per heavy atom. The molecule has 0 spiro atoms. The van der Waals surface area contributed by atoms with Crippen molar-refractivity contribution in [3.63, 3.8) is 0 Å². The number of fused-ring (bicyclic) bond motifs is 1. The predicted molar refractivity (Wildman–Crippen MR) is 94.1 cm³/mol. The van der Waals surface area contributed by atoms with Crippen molar-refractivity contribution in [2.24, 2.45) is 0 Å². The molecule has 2 aromatic rings. The summed E-state index contributed by atoms with van der Waals surface area (Å²) in [6, 6.07) is 9.48. The Bertz CT molecular complexity index is 779. The summed E-state index contributed by atoms with van der Waals surface area (Å²) in [5.74, 6) is 2.22. The van der Waals surface area contributed by atoms with E-state index in [-0.39, 0.29) is 17.8 Å². The molecule has 2 unspecified atom stereocenters. The number of aromatic hydroxyl groups is 1. The van der Waals surface area contributed by atoms with Crippen molar-refractivity contribution >= 4 is 6.08 Å². The fourth-order valence-corrected chi connectivity index (χ4v) is 3.18. The number of phenolic OH excluding ortho intramolecular Hbond substituents is 1. The summed E-state index contributed by atoms with van der Waals surface area (Å²) in [6.45, 7) is 4.11. The second-order valence-corrected chi connectivity index (χ2v) is 5.90. The molecule has 0 aliphatic carbocycles. The number of ether oxygens (including phenoxy) is 3. The lowest BCUT2D eigenvalue weighted by Gasteiger charge is -2.17. The first-order valence-electron chi connectivity index (χ1n) is 7.97. The molecule has 0 saturated carbocycles. The smallest absolute Gasteiger partial charge is 0.165 e. The van der Waals surface area contributed by atoms with Crippen LogP contribution in [0, 0.1) is 0 Å². The zero-order chi connectivity index (χ0) is 17.3. The molecule has 0 aromatic heterocycles. The van der Waals surface area contributed by atoms with Gasteiger partial charge in [0.15, 0.2) is 23.0 Å². The molecular formula is C20H22O4. The summed E-state index contributed by atoms with van der Waals surface area (Å²) in [5, 5.41) is 10.1. The van der Waals surface area contributed by atoms with Crippen LogP contribution in [0.2, 0.25) is 0 Å². The summed E-state index contributed by atoms with van der Waals surface area (Å²) < 4.78 is 16.8. The van der Waals surface area contributed by atoms with Crippen LogP contribution in [-0.2, 0) is 0 Å². The summed E-state index contributed by atoms with van der Waals surface area (Å²) in [4.78, 5) is 0. The lowest BCUT2D eigenvalue weighted by atomic mass is 9.91. The molecule has 3 rings (SSSR count). The molecule has 4 nitrogen and oxygen atoms in total. The molecule has 126 valence electrons. The van der Waals surface area contributed by atoms with Gasteiger partial charge in [-0.2, -0.15) is 0 Å². The van der Waals surface area contributed by atoms with Crippen LogP contribution in [0.3, 0.4) is 0 Å². The van der Waals surface area contributed by atoms with Crippen molar-refractivity contribution in [1.82, 2.24) is 0 Å². The number of phenols is 1. The Morgan fingerprint density at radius 1 is 1.08 bits per heavy atom. The third kappa shape index (κ3) is 2.68. The van der Waals surface area contributed by atoms with Crippen molar-refractivity contribution in [1.29, 1.82) is 0 Å². The fraction of sp³-hybridized carbons (Fsp3) is 0.300. The van der Waals surface area contributed by atoms with E-state index in [0.717, 1.165) is 28.2 Å². The average Bonchev–Trinajstić information content (AvgIpc) is 2.91. The molecule has 1 N–H and O–H groups in total. The van der Waals surface area contributed by atoms with Crippen LogP contribution in [-0.4, -0.2) is 19.3 Å². The molecule has 0 amide bonds. The number of rotatable bonds is 4. The third-order valence-corrected chi connectivity index (χ3v) is 4.41. The average molecular weight is 326 g/mol. The minimum absolute atomic E-state index is 0.114. The van der Waals surface area contributed by atoms with Crippen LogP contribution in [0.1, 0.15) is 42.6 Å². The van der Waals surface area contributed by atoms with Crippen LogP contribution in [0.5, 0.6) is 23.0 Å². The minimum atomic E-state index is -0.174. The Hall–Kier alpha value is -2.62. The van der Waals surface area contributed by atoms with Gasteiger partial charge in [0, 0.05) is 11.5 Å². The number of allylic oxidation sites excluding steroid dienone is 1. The quantitative estimate of drug-likeness (QED) is 0.886. The fourth-order valence-electron chi connectivity index (χ4n) is 3.18.